The Bertz CT molecular complexity index is 717. The van der Waals surface area contributed by atoms with Gasteiger partial charge in [-0.2, -0.15) is 0 Å². The Labute approximate surface area is 149 Å². The quantitative estimate of drug-likeness (QED) is 0.755. The fraction of sp³-hybridized carbons (Fsp3) is 0.550. The highest BCUT2D eigenvalue weighted by Gasteiger charge is 2.34. The van der Waals surface area contributed by atoms with E-state index in [4.69, 9.17) is 0 Å². The Kier molecular flexibility index (Phi) is 5.45. The van der Waals surface area contributed by atoms with Gasteiger partial charge in [0.1, 0.15) is 0 Å². The smallest absolute Gasteiger partial charge is 0.237 e. The van der Waals surface area contributed by atoms with Gasteiger partial charge in [-0.3, -0.25) is 9.69 Å². The number of likely N-dealkylation sites (tertiary alicyclic amines) is 1. The molecule has 5 heteroatoms. The number of fused-ring (bicyclic) bond motifs is 1. The highest BCUT2D eigenvalue weighted by atomic mass is 16.3. The molecule has 1 amide bonds. The van der Waals surface area contributed by atoms with E-state index in [-0.39, 0.29) is 24.6 Å². The van der Waals surface area contributed by atoms with Gasteiger partial charge in [0, 0.05) is 29.2 Å². The predicted octanol–water partition coefficient (Wildman–Crippen LogP) is 2.45. The number of aliphatic hydroxyl groups is 1. The summed E-state index contributed by atoms with van der Waals surface area (Å²) in [7, 11) is 0. The normalized spacial score (nSPS) is 23.7. The van der Waals surface area contributed by atoms with Crippen LogP contribution in [0.4, 0.5) is 0 Å². The van der Waals surface area contributed by atoms with Crippen molar-refractivity contribution in [2.24, 2.45) is 0 Å². The van der Waals surface area contributed by atoms with Gasteiger partial charge < -0.3 is 15.4 Å². The number of aliphatic hydroxyl groups excluding tert-OH is 1. The van der Waals surface area contributed by atoms with Crippen LogP contribution in [-0.4, -0.2) is 51.7 Å². The minimum atomic E-state index is -0.276. The summed E-state index contributed by atoms with van der Waals surface area (Å²) in [6, 6.07) is 8.50. The molecule has 0 unspecified atom stereocenters. The Morgan fingerprint density at radius 2 is 2.00 bits per heavy atom. The minimum absolute atomic E-state index is 0.000471. The van der Waals surface area contributed by atoms with Crippen molar-refractivity contribution >= 4 is 16.8 Å². The second-order valence-electron chi connectivity index (χ2n) is 7.35. The molecule has 3 rings (SSSR count). The first-order chi connectivity index (χ1) is 12.0. The summed E-state index contributed by atoms with van der Waals surface area (Å²) < 4.78 is 0. The third kappa shape index (κ3) is 3.72. The van der Waals surface area contributed by atoms with Gasteiger partial charge in [-0.15, -0.1) is 0 Å². The monoisotopic (exact) mass is 343 g/mol. The molecule has 25 heavy (non-hydrogen) atoms. The summed E-state index contributed by atoms with van der Waals surface area (Å²) in [4.78, 5) is 18.2. The first kappa shape index (κ1) is 18.0. The molecule has 0 saturated carbocycles. The molecule has 1 aromatic carbocycles. The Morgan fingerprint density at radius 3 is 2.68 bits per heavy atom. The largest absolute Gasteiger partial charge is 0.394 e. The molecule has 2 heterocycles. The summed E-state index contributed by atoms with van der Waals surface area (Å²) in [5, 5.41) is 13.9. The van der Waals surface area contributed by atoms with Crippen molar-refractivity contribution in [1.82, 2.24) is 15.2 Å². The van der Waals surface area contributed by atoms with Crippen LogP contribution in [0, 0.1) is 0 Å². The highest BCUT2D eigenvalue weighted by Crippen LogP contribution is 2.26. The van der Waals surface area contributed by atoms with E-state index < -0.39 is 0 Å². The Balaban J connectivity index is 1.66. The zero-order chi connectivity index (χ0) is 18.0. The maximum Gasteiger partial charge on any atom is 0.237 e. The zero-order valence-electron chi connectivity index (χ0n) is 15.3. The number of benzene rings is 1. The van der Waals surface area contributed by atoms with Gasteiger partial charge in [-0.25, -0.2) is 0 Å². The number of nitrogens with one attached hydrogen (secondary N) is 2. The number of carbonyl (C=O) groups excluding carboxylic acids is 1. The predicted molar refractivity (Wildman–Crippen MR) is 100 cm³/mol. The van der Waals surface area contributed by atoms with Gasteiger partial charge in [-0.1, -0.05) is 18.2 Å². The van der Waals surface area contributed by atoms with Crippen LogP contribution in [0.2, 0.25) is 0 Å². The molecule has 0 radical (unpaired) electrons. The van der Waals surface area contributed by atoms with Crippen LogP contribution in [0.3, 0.4) is 0 Å². The summed E-state index contributed by atoms with van der Waals surface area (Å²) in [5.41, 5.74) is 2.19. The molecule has 3 N–H and O–H groups in total. The molecule has 1 aliphatic rings. The number of hydrogen-bond acceptors (Lipinski definition) is 3. The van der Waals surface area contributed by atoms with Crippen LogP contribution in [0.5, 0.6) is 0 Å². The average Bonchev–Trinajstić information content (AvgIpc) is 3.17. The van der Waals surface area contributed by atoms with Gasteiger partial charge in [0.15, 0.2) is 0 Å². The topological polar surface area (TPSA) is 68.4 Å². The second-order valence-corrected chi connectivity index (χ2v) is 7.35. The molecule has 1 saturated heterocycles. The van der Waals surface area contributed by atoms with E-state index in [1.54, 1.807) is 0 Å². The summed E-state index contributed by atoms with van der Waals surface area (Å²) >= 11 is 0. The number of aromatic nitrogens is 1. The van der Waals surface area contributed by atoms with E-state index in [2.05, 4.69) is 35.1 Å². The molecular weight excluding hydrogens is 314 g/mol. The van der Waals surface area contributed by atoms with E-state index in [0.29, 0.717) is 18.5 Å². The fourth-order valence-corrected chi connectivity index (χ4v) is 4.16. The van der Waals surface area contributed by atoms with Gasteiger partial charge in [0.25, 0.3) is 0 Å². The number of amides is 1. The summed E-state index contributed by atoms with van der Waals surface area (Å²) in [5.74, 6) is -0.000471. The number of rotatable bonds is 6. The van der Waals surface area contributed by atoms with Crippen molar-refractivity contribution < 1.29 is 9.90 Å². The molecule has 4 atom stereocenters. The van der Waals surface area contributed by atoms with Crippen molar-refractivity contribution in [2.75, 3.05) is 6.61 Å². The van der Waals surface area contributed by atoms with Crippen LogP contribution >= 0.6 is 0 Å². The van der Waals surface area contributed by atoms with E-state index in [1.165, 1.54) is 0 Å². The lowest BCUT2D eigenvalue weighted by atomic mass is 10.0. The van der Waals surface area contributed by atoms with Crippen LogP contribution in [-0.2, 0) is 11.2 Å². The molecule has 1 aliphatic heterocycles. The van der Waals surface area contributed by atoms with E-state index in [0.717, 1.165) is 29.3 Å². The Hall–Kier alpha value is -1.85. The highest BCUT2D eigenvalue weighted by molar-refractivity contribution is 5.84. The van der Waals surface area contributed by atoms with Gasteiger partial charge in [-0.05, 0) is 51.7 Å². The van der Waals surface area contributed by atoms with Gasteiger partial charge in [0.2, 0.25) is 5.91 Å². The lowest BCUT2D eigenvalue weighted by molar-refractivity contribution is -0.127. The van der Waals surface area contributed by atoms with Crippen molar-refractivity contribution in [2.45, 2.75) is 64.2 Å². The number of para-hydroxylation sites is 1. The number of carbonyl (C=O) groups is 1. The van der Waals surface area contributed by atoms with Crippen LogP contribution in [0.1, 0.15) is 39.2 Å². The molecule has 0 spiro atoms. The zero-order valence-corrected chi connectivity index (χ0v) is 15.3. The molecule has 2 aromatic rings. The van der Waals surface area contributed by atoms with E-state index in [1.807, 2.05) is 31.3 Å². The third-order valence-corrected chi connectivity index (χ3v) is 5.55. The third-order valence-electron chi connectivity index (χ3n) is 5.55. The summed E-state index contributed by atoms with van der Waals surface area (Å²) in [6.45, 7) is 6.27. The molecular formula is C20H29N3O2. The minimum Gasteiger partial charge on any atom is -0.394 e. The number of aromatic amines is 1. The second kappa shape index (κ2) is 7.58. The summed E-state index contributed by atoms with van der Waals surface area (Å²) in [6.07, 6.45) is 4.85. The Morgan fingerprint density at radius 1 is 1.32 bits per heavy atom. The molecule has 1 fully saturated rings. The molecule has 136 valence electrons. The number of hydrogen-bond donors (Lipinski definition) is 3. The SMILES string of the molecule is C[C@@H]1CC[C@H](C)N1[C@@H](C)C(=O)N[C@H](CO)Cc1c[nH]c2ccccc12. The van der Waals surface area contributed by atoms with Crippen LogP contribution < -0.4 is 5.32 Å². The first-order valence-corrected chi connectivity index (χ1v) is 9.25. The van der Waals surface area contributed by atoms with Crippen molar-refractivity contribution in [3.05, 3.63) is 36.0 Å². The van der Waals surface area contributed by atoms with E-state index >= 15 is 0 Å². The molecule has 0 aliphatic carbocycles. The fourth-order valence-electron chi connectivity index (χ4n) is 4.16. The number of H-pyrrole nitrogens is 1. The maximum atomic E-state index is 12.7. The van der Waals surface area contributed by atoms with Crippen LogP contribution in [0.15, 0.2) is 30.5 Å². The average molecular weight is 343 g/mol. The molecule has 0 bridgehead atoms. The van der Waals surface area contributed by atoms with E-state index in [9.17, 15) is 9.90 Å². The maximum absolute atomic E-state index is 12.7. The molecule has 1 aromatic heterocycles. The standard InChI is InChI=1S/C20H29N3O2/c1-13-8-9-14(2)23(13)15(3)20(25)22-17(12-24)10-16-11-21-19-7-5-4-6-18(16)19/h4-7,11,13-15,17,21,24H,8-10,12H2,1-3H3,(H,22,25)/t13-,14+,15-,17-/m0/s1. The molecule has 5 nitrogen and oxygen atoms in total. The number of nitrogens with zero attached hydrogens (tertiary/aromatic N) is 1. The lowest BCUT2D eigenvalue weighted by Gasteiger charge is -2.32. The van der Waals surface area contributed by atoms with Crippen molar-refractivity contribution in [3.63, 3.8) is 0 Å². The van der Waals surface area contributed by atoms with Crippen molar-refractivity contribution in [3.8, 4) is 0 Å². The lowest BCUT2D eigenvalue weighted by Crippen LogP contribution is -2.52. The van der Waals surface area contributed by atoms with Crippen LogP contribution in [0.25, 0.3) is 10.9 Å². The van der Waals surface area contributed by atoms with Crippen molar-refractivity contribution in [1.29, 1.82) is 0 Å². The first-order valence-electron chi connectivity index (χ1n) is 9.25. The van der Waals surface area contributed by atoms with Gasteiger partial charge >= 0.3 is 0 Å². The van der Waals surface area contributed by atoms with Gasteiger partial charge in [0.05, 0.1) is 18.7 Å².